The lowest BCUT2D eigenvalue weighted by Gasteiger charge is -2.36. The fourth-order valence-electron chi connectivity index (χ4n) is 4.34. The van der Waals surface area contributed by atoms with Crippen molar-refractivity contribution in [2.45, 2.75) is 58.0 Å². The number of unbranched alkanes of at least 4 members (excludes halogenated alkanes) is 1. The van der Waals surface area contributed by atoms with E-state index in [2.05, 4.69) is 56.3 Å². The van der Waals surface area contributed by atoms with Gasteiger partial charge in [0.05, 0.1) is 5.56 Å². The molecule has 0 radical (unpaired) electrons. The van der Waals surface area contributed by atoms with Gasteiger partial charge in [-0.2, -0.15) is 0 Å². The van der Waals surface area contributed by atoms with Gasteiger partial charge in [0.2, 0.25) is 0 Å². The van der Waals surface area contributed by atoms with Gasteiger partial charge in [0.15, 0.2) is 0 Å². The molecule has 3 nitrogen and oxygen atoms in total. The Morgan fingerprint density at radius 3 is 2.48 bits per heavy atom. The lowest BCUT2D eigenvalue weighted by atomic mass is 9.86. The number of benzene rings is 3. The van der Waals surface area contributed by atoms with Gasteiger partial charge in [0.1, 0.15) is 11.4 Å². The van der Waals surface area contributed by atoms with Crippen LogP contribution in [0.3, 0.4) is 0 Å². The van der Waals surface area contributed by atoms with Crippen LogP contribution in [0.15, 0.2) is 66.7 Å². The molecule has 3 heteroatoms. The van der Waals surface area contributed by atoms with Crippen molar-refractivity contribution >= 4 is 5.97 Å². The normalized spacial score (nSPS) is 17.6. The summed E-state index contributed by atoms with van der Waals surface area (Å²) in [7, 11) is 0. The van der Waals surface area contributed by atoms with E-state index in [1.54, 1.807) is 18.2 Å². The molecule has 1 heterocycles. The third kappa shape index (κ3) is 4.99. The van der Waals surface area contributed by atoms with Crippen LogP contribution >= 0.6 is 0 Å². The summed E-state index contributed by atoms with van der Waals surface area (Å²) in [6.45, 7) is 4.42. The first-order chi connectivity index (χ1) is 15.0. The number of rotatable bonds is 7. The fraction of sp³-hybridized carbons (Fsp3) is 0.321. The number of hydrogen-bond acceptors (Lipinski definition) is 2. The van der Waals surface area contributed by atoms with Gasteiger partial charge in [-0.05, 0) is 78.6 Å². The van der Waals surface area contributed by atoms with E-state index in [1.165, 1.54) is 29.5 Å². The molecule has 1 atom stereocenters. The van der Waals surface area contributed by atoms with E-state index in [9.17, 15) is 9.90 Å². The minimum Gasteiger partial charge on any atom is -0.487 e. The number of carbonyl (C=O) groups is 1. The summed E-state index contributed by atoms with van der Waals surface area (Å²) in [5, 5.41) is 9.29. The van der Waals surface area contributed by atoms with E-state index >= 15 is 0 Å². The number of aromatic carboxylic acids is 1. The molecule has 160 valence electrons. The third-order valence-corrected chi connectivity index (χ3v) is 6.21. The van der Waals surface area contributed by atoms with Crippen molar-refractivity contribution < 1.29 is 14.6 Å². The Balaban J connectivity index is 1.52. The highest BCUT2D eigenvalue weighted by molar-refractivity contribution is 5.89. The largest absolute Gasteiger partial charge is 0.487 e. The van der Waals surface area contributed by atoms with Crippen molar-refractivity contribution in [3.8, 4) is 16.9 Å². The average molecular weight is 415 g/mol. The Morgan fingerprint density at radius 2 is 1.74 bits per heavy atom. The second kappa shape index (κ2) is 8.97. The van der Waals surface area contributed by atoms with E-state index < -0.39 is 5.97 Å². The summed E-state index contributed by atoms with van der Waals surface area (Å²) >= 11 is 0. The standard InChI is InChI=1S/C28H30O3/c1-3-4-6-20-9-11-21(12-10-20)19-28(2)16-15-22-13-14-24(18-26(22)31-28)23-7-5-8-25(17-23)27(29)30/h5,7-14,17-18H,3-4,6,15-16,19H2,1-2H3,(H,29,30). The van der Waals surface area contributed by atoms with Crippen molar-refractivity contribution in [3.05, 3.63) is 89.0 Å². The smallest absolute Gasteiger partial charge is 0.335 e. The molecule has 1 N–H and O–H groups in total. The van der Waals surface area contributed by atoms with Gasteiger partial charge in [-0.15, -0.1) is 0 Å². The zero-order valence-corrected chi connectivity index (χ0v) is 18.4. The van der Waals surface area contributed by atoms with Crippen LogP contribution in [0.2, 0.25) is 0 Å². The lowest BCUT2D eigenvalue weighted by molar-refractivity contribution is 0.0654. The molecule has 1 unspecified atom stereocenters. The molecule has 1 aliphatic rings. The summed E-state index contributed by atoms with van der Waals surface area (Å²) in [6, 6.07) is 22.3. The molecule has 0 amide bonds. The topological polar surface area (TPSA) is 46.5 Å². The Kier molecular flexibility index (Phi) is 6.13. The Bertz CT molecular complexity index is 1070. The average Bonchev–Trinajstić information content (AvgIpc) is 2.78. The van der Waals surface area contributed by atoms with Crippen LogP contribution in [0.4, 0.5) is 0 Å². The third-order valence-electron chi connectivity index (χ3n) is 6.21. The van der Waals surface area contributed by atoms with Crippen molar-refractivity contribution in [2.75, 3.05) is 0 Å². The van der Waals surface area contributed by atoms with Crippen LogP contribution in [0.25, 0.3) is 11.1 Å². The van der Waals surface area contributed by atoms with E-state index in [4.69, 9.17) is 4.74 Å². The molecule has 0 spiro atoms. The van der Waals surface area contributed by atoms with Gasteiger partial charge in [0.25, 0.3) is 0 Å². The van der Waals surface area contributed by atoms with Gasteiger partial charge < -0.3 is 9.84 Å². The van der Waals surface area contributed by atoms with Gasteiger partial charge in [-0.1, -0.05) is 61.9 Å². The minimum absolute atomic E-state index is 0.251. The van der Waals surface area contributed by atoms with Crippen LogP contribution in [0.5, 0.6) is 5.75 Å². The van der Waals surface area contributed by atoms with E-state index in [0.717, 1.165) is 42.6 Å². The first-order valence-electron chi connectivity index (χ1n) is 11.2. The van der Waals surface area contributed by atoms with Crippen molar-refractivity contribution in [2.24, 2.45) is 0 Å². The zero-order chi connectivity index (χ0) is 21.8. The maximum absolute atomic E-state index is 11.3. The lowest BCUT2D eigenvalue weighted by Crippen LogP contribution is -2.38. The molecule has 0 aromatic heterocycles. The van der Waals surface area contributed by atoms with E-state index in [-0.39, 0.29) is 5.60 Å². The van der Waals surface area contributed by atoms with Crippen molar-refractivity contribution in [3.63, 3.8) is 0 Å². The second-order valence-electron chi connectivity index (χ2n) is 8.86. The quantitative estimate of drug-likeness (QED) is 0.467. The maximum atomic E-state index is 11.3. The predicted molar refractivity (Wildman–Crippen MR) is 125 cm³/mol. The van der Waals surface area contributed by atoms with Crippen LogP contribution in [-0.4, -0.2) is 16.7 Å². The molecule has 0 saturated carbocycles. The summed E-state index contributed by atoms with van der Waals surface area (Å²) in [4.78, 5) is 11.3. The molecular formula is C28H30O3. The molecule has 0 saturated heterocycles. The first kappa shape index (κ1) is 21.2. The molecule has 0 bridgehead atoms. The highest BCUT2D eigenvalue weighted by atomic mass is 16.5. The first-order valence-corrected chi connectivity index (χ1v) is 11.2. The summed E-state index contributed by atoms with van der Waals surface area (Å²) in [6.07, 6.45) is 6.43. The summed E-state index contributed by atoms with van der Waals surface area (Å²) < 4.78 is 6.54. The Hall–Kier alpha value is -3.07. The van der Waals surface area contributed by atoms with Crippen molar-refractivity contribution in [1.82, 2.24) is 0 Å². The van der Waals surface area contributed by atoms with Crippen LogP contribution < -0.4 is 4.74 Å². The number of aryl methyl sites for hydroxylation is 2. The number of ether oxygens (including phenoxy) is 1. The number of carboxylic acids is 1. The Labute approximate surface area is 184 Å². The van der Waals surface area contributed by atoms with E-state index in [0.29, 0.717) is 5.56 Å². The minimum atomic E-state index is -0.913. The fourth-order valence-corrected chi connectivity index (χ4v) is 4.34. The zero-order valence-electron chi connectivity index (χ0n) is 18.4. The summed E-state index contributed by atoms with van der Waals surface area (Å²) in [5.74, 6) is -0.00380. The van der Waals surface area contributed by atoms with Gasteiger partial charge in [-0.3, -0.25) is 0 Å². The van der Waals surface area contributed by atoms with Crippen molar-refractivity contribution in [1.29, 1.82) is 0 Å². The second-order valence-corrected chi connectivity index (χ2v) is 8.86. The molecule has 0 fully saturated rings. The maximum Gasteiger partial charge on any atom is 0.335 e. The van der Waals surface area contributed by atoms with Gasteiger partial charge >= 0.3 is 5.97 Å². The highest BCUT2D eigenvalue weighted by Gasteiger charge is 2.32. The molecular weight excluding hydrogens is 384 g/mol. The number of hydrogen-bond donors (Lipinski definition) is 1. The van der Waals surface area contributed by atoms with Crippen LogP contribution in [-0.2, 0) is 19.3 Å². The summed E-state index contributed by atoms with van der Waals surface area (Å²) in [5.41, 5.74) is 5.83. The Morgan fingerprint density at radius 1 is 1.00 bits per heavy atom. The van der Waals surface area contributed by atoms with Gasteiger partial charge in [-0.25, -0.2) is 4.79 Å². The van der Waals surface area contributed by atoms with Crippen LogP contribution in [0, 0.1) is 0 Å². The SMILES string of the molecule is CCCCc1ccc(CC2(C)CCc3ccc(-c4cccc(C(=O)O)c4)cc3O2)cc1. The van der Waals surface area contributed by atoms with Crippen LogP contribution in [0.1, 0.15) is 60.2 Å². The van der Waals surface area contributed by atoms with E-state index in [1.807, 2.05) is 6.07 Å². The molecule has 4 rings (SSSR count). The monoisotopic (exact) mass is 414 g/mol. The number of fused-ring (bicyclic) bond motifs is 1. The predicted octanol–water partition coefficient (Wildman–Crippen LogP) is 6.72. The molecule has 3 aromatic rings. The molecule has 3 aromatic carbocycles. The molecule has 0 aliphatic carbocycles. The molecule has 31 heavy (non-hydrogen) atoms. The van der Waals surface area contributed by atoms with Gasteiger partial charge in [0, 0.05) is 6.42 Å². The highest BCUT2D eigenvalue weighted by Crippen LogP contribution is 2.38. The number of carboxylic acid groups (broad SMARTS) is 1. The molecule has 1 aliphatic heterocycles.